The van der Waals surface area contributed by atoms with Crippen LogP contribution in [0.1, 0.15) is 39.5 Å². The molecule has 0 N–H and O–H groups in total. The van der Waals surface area contributed by atoms with Crippen molar-refractivity contribution < 1.29 is 3.08 Å². The van der Waals surface area contributed by atoms with E-state index in [4.69, 9.17) is 0 Å². The van der Waals surface area contributed by atoms with Crippen LogP contribution < -0.4 is 0 Å². The molecule has 0 fully saturated rings. The predicted octanol–water partition coefficient (Wildman–Crippen LogP) is 3.59. The monoisotopic (exact) mass is 330 g/mol. The van der Waals surface area contributed by atoms with Gasteiger partial charge in [0.2, 0.25) is 0 Å². The van der Waals surface area contributed by atoms with Crippen molar-refractivity contribution in [3.8, 4) is 0 Å². The summed E-state index contributed by atoms with van der Waals surface area (Å²) in [6.07, 6.45) is 4.81. The van der Waals surface area contributed by atoms with Gasteiger partial charge in [-0.15, -0.1) is 17.0 Å². The molecule has 0 atom stereocenters. The van der Waals surface area contributed by atoms with Crippen molar-refractivity contribution in [2.45, 2.75) is 48.4 Å². The first-order valence-corrected chi connectivity index (χ1v) is 9.53. The summed E-state index contributed by atoms with van der Waals surface area (Å²) in [5, 5.41) is 0. The van der Waals surface area contributed by atoms with Gasteiger partial charge in [-0.2, -0.15) is 0 Å². The van der Waals surface area contributed by atoms with Gasteiger partial charge in [0.05, 0.1) is 0 Å². The van der Waals surface area contributed by atoms with Crippen molar-refractivity contribution in [1.29, 1.82) is 0 Å². The molecule has 0 aromatic carbocycles. The molecule has 0 spiro atoms. The van der Waals surface area contributed by atoms with E-state index in [0.717, 1.165) is 8.87 Å². The fourth-order valence-corrected chi connectivity index (χ4v) is 5.86. The third kappa shape index (κ3) is 11.1. The van der Waals surface area contributed by atoms with Crippen LogP contribution in [-0.4, -0.2) is 19.7 Å². The molecule has 0 saturated carbocycles. The Kier molecular flexibility index (Phi) is 14.7. The van der Waals surface area contributed by atoms with Gasteiger partial charge in [-0.3, -0.25) is 0 Å². The van der Waals surface area contributed by atoms with Crippen molar-refractivity contribution in [3.05, 3.63) is 0 Å². The first-order valence-electron chi connectivity index (χ1n) is 4.33. The molecule has 0 aromatic heterocycles. The SMILES string of the molecule is Br.CCC[CH2][Sn](=[O])[CH2]CCC. The number of halogens is 1. The Balaban J connectivity index is 0. The van der Waals surface area contributed by atoms with E-state index in [1.165, 1.54) is 25.7 Å². The third-order valence-corrected chi connectivity index (χ3v) is 6.82. The van der Waals surface area contributed by atoms with Crippen LogP contribution in [-0.2, 0) is 3.08 Å². The van der Waals surface area contributed by atoms with Crippen molar-refractivity contribution in [2.75, 3.05) is 0 Å². The molecule has 0 aliphatic heterocycles. The number of rotatable bonds is 6. The van der Waals surface area contributed by atoms with E-state index >= 15 is 0 Å². The van der Waals surface area contributed by atoms with E-state index in [1.54, 1.807) is 0 Å². The molecular weight excluding hydrogens is 311 g/mol. The summed E-state index contributed by atoms with van der Waals surface area (Å²) in [5.74, 6) is 0. The van der Waals surface area contributed by atoms with Gasteiger partial charge in [-0.05, 0) is 0 Å². The molecular formula is C8H19BrOSn. The Morgan fingerprint density at radius 3 is 1.64 bits per heavy atom. The molecule has 0 aliphatic carbocycles. The van der Waals surface area contributed by atoms with Gasteiger partial charge in [0.15, 0.2) is 0 Å². The second-order valence-corrected chi connectivity index (χ2v) is 8.67. The van der Waals surface area contributed by atoms with Crippen LogP contribution in [0.4, 0.5) is 0 Å². The Bertz CT molecular complexity index is 86.1. The van der Waals surface area contributed by atoms with Gasteiger partial charge in [-0.1, -0.05) is 0 Å². The summed E-state index contributed by atoms with van der Waals surface area (Å²) in [4.78, 5) is 0. The van der Waals surface area contributed by atoms with Crippen LogP contribution in [0.2, 0.25) is 8.87 Å². The van der Waals surface area contributed by atoms with Gasteiger partial charge < -0.3 is 0 Å². The quantitative estimate of drug-likeness (QED) is 0.681. The number of hydrogen-bond donors (Lipinski definition) is 0. The summed E-state index contributed by atoms with van der Waals surface area (Å²) < 4.78 is 13.4. The minimum absolute atomic E-state index is 0. The van der Waals surface area contributed by atoms with Crippen molar-refractivity contribution >= 4 is 36.7 Å². The molecule has 11 heavy (non-hydrogen) atoms. The molecule has 0 heterocycles. The fourth-order valence-electron chi connectivity index (χ4n) is 0.873. The topological polar surface area (TPSA) is 17.1 Å². The van der Waals surface area contributed by atoms with E-state index in [9.17, 15) is 3.08 Å². The maximum absolute atomic E-state index is 11.2. The summed E-state index contributed by atoms with van der Waals surface area (Å²) in [5.41, 5.74) is 0. The van der Waals surface area contributed by atoms with Crippen LogP contribution >= 0.6 is 17.0 Å². The first kappa shape index (κ1) is 14.6. The van der Waals surface area contributed by atoms with Crippen molar-refractivity contribution in [1.82, 2.24) is 0 Å². The third-order valence-electron chi connectivity index (χ3n) is 1.62. The van der Waals surface area contributed by atoms with Gasteiger partial charge >= 0.3 is 71.2 Å². The van der Waals surface area contributed by atoms with E-state index in [0.29, 0.717) is 0 Å². The molecule has 68 valence electrons. The van der Waals surface area contributed by atoms with Gasteiger partial charge in [-0.25, -0.2) is 0 Å². The van der Waals surface area contributed by atoms with Gasteiger partial charge in [0.1, 0.15) is 0 Å². The summed E-state index contributed by atoms with van der Waals surface area (Å²) in [6.45, 7) is 4.33. The van der Waals surface area contributed by atoms with Crippen LogP contribution in [0.5, 0.6) is 0 Å². The number of hydrogen-bond acceptors (Lipinski definition) is 1. The zero-order valence-corrected chi connectivity index (χ0v) is 12.1. The van der Waals surface area contributed by atoms with Crippen molar-refractivity contribution in [3.63, 3.8) is 0 Å². The van der Waals surface area contributed by atoms with Crippen molar-refractivity contribution in [2.24, 2.45) is 0 Å². The average molecular weight is 330 g/mol. The zero-order chi connectivity index (χ0) is 7.82. The molecule has 0 amide bonds. The Morgan fingerprint density at radius 2 is 1.36 bits per heavy atom. The molecule has 0 aliphatic rings. The summed E-state index contributed by atoms with van der Waals surface area (Å²) >= 11 is -1.99. The average Bonchev–Trinajstić information content (AvgIpc) is 1.97. The zero-order valence-electron chi connectivity index (χ0n) is 7.56. The van der Waals surface area contributed by atoms with Crippen LogP contribution in [0, 0.1) is 0 Å². The Morgan fingerprint density at radius 1 is 1.00 bits per heavy atom. The maximum atomic E-state index is 11.2. The molecule has 0 aromatic rings. The molecule has 0 bridgehead atoms. The van der Waals surface area contributed by atoms with Crippen LogP contribution in [0.15, 0.2) is 0 Å². The van der Waals surface area contributed by atoms with E-state index in [1.807, 2.05) is 0 Å². The summed E-state index contributed by atoms with van der Waals surface area (Å²) in [6, 6.07) is 0. The second-order valence-electron chi connectivity index (χ2n) is 2.75. The first-order chi connectivity index (χ1) is 4.81. The predicted molar refractivity (Wildman–Crippen MR) is 56.2 cm³/mol. The number of unbranched alkanes of at least 4 members (excludes halogenated alkanes) is 2. The summed E-state index contributed by atoms with van der Waals surface area (Å²) in [7, 11) is 0. The van der Waals surface area contributed by atoms with E-state index < -0.39 is 19.7 Å². The van der Waals surface area contributed by atoms with E-state index in [2.05, 4.69) is 13.8 Å². The van der Waals surface area contributed by atoms with Crippen LogP contribution in [0.25, 0.3) is 0 Å². The normalized spacial score (nSPS) is 8.91. The van der Waals surface area contributed by atoms with Gasteiger partial charge in [0, 0.05) is 0 Å². The standard InChI is InChI=1S/2C4H9.BrH.O.Sn/c2*1-3-4-2;;;/h2*1,3-4H2,2H3;1H;;. The Labute approximate surface area is 87.8 Å². The molecule has 0 saturated heterocycles. The molecule has 3 heteroatoms. The molecule has 1 nitrogen and oxygen atoms in total. The molecule has 0 radical (unpaired) electrons. The van der Waals surface area contributed by atoms with E-state index in [-0.39, 0.29) is 17.0 Å². The molecule has 0 unspecified atom stereocenters. The fraction of sp³-hybridized carbons (Fsp3) is 1.00. The second kappa shape index (κ2) is 11.1. The molecule has 0 rings (SSSR count). The van der Waals surface area contributed by atoms with Gasteiger partial charge in [0.25, 0.3) is 0 Å². The van der Waals surface area contributed by atoms with Crippen LogP contribution in [0.3, 0.4) is 0 Å². The minimum atomic E-state index is -1.99. The Hall–Kier alpha value is 1.08.